The molecular weight excluding hydrogens is 300 g/mol. The summed E-state index contributed by atoms with van der Waals surface area (Å²) in [5.74, 6) is -0.589. The molecule has 8 heteroatoms. The molecule has 1 aliphatic heterocycles. The van der Waals surface area contributed by atoms with E-state index >= 15 is 0 Å². The van der Waals surface area contributed by atoms with Gasteiger partial charge >= 0.3 is 6.18 Å². The van der Waals surface area contributed by atoms with E-state index in [0.717, 1.165) is 6.07 Å². The second-order valence-corrected chi connectivity index (χ2v) is 4.98. The molecule has 1 fully saturated rings. The van der Waals surface area contributed by atoms with Gasteiger partial charge in [-0.25, -0.2) is 9.37 Å². The molecule has 0 aliphatic carbocycles. The molecule has 1 amide bonds. The van der Waals surface area contributed by atoms with Crippen molar-refractivity contribution >= 4 is 17.5 Å². The first-order valence-electron chi connectivity index (χ1n) is 5.88. The van der Waals surface area contributed by atoms with E-state index in [2.05, 4.69) is 4.98 Å². The maximum absolute atomic E-state index is 13.1. The van der Waals surface area contributed by atoms with Gasteiger partial charge in [0, 0.05) is 6.54 Å². The fraction of sp³-hybridized carbons (Fsp3) is 0.500. The lowest BCUT2D eigenvalue weighted by Crippen LogP contribution is -2.30. The molecule has 1 unspecified atom stereocenters. The zero-order valence-electron chi connectivity index (χ0n) is 10.5. The van der Waals surface area contributed by atoms with Crippen LogP contribution in [0.5, 0.6) is 0 Å². The molecule has 1 aromatic rings. The van der Waals surface area contributed by atoms with Crippen LogP contribution in [0.25, 0.3) is 0 Å². The summed E-state index contributed by atoms with van der Waals surface area (Å²) in [4.78, 5) is 16.6. The average molecular weight is 311 g/mol. The van der Waals surface area contributed by atoms with E-state index in [4.69, 9.17) is 11.6 Å². The Hall–Kier alpha value is -1.37. The summed E-state index contributed by atoms with van der Waals surface area (Å²) in [6.07, 6.45) is -5.52. The molecule has 0 saturated carbocycles. The molecule has 1 saturated heterocycles. The van der Waals surface area contributed by atoms with E-state index in [0.29, 0.717) is 0 Å². The number of hydrogen-bond donors (Lipinski definition) is 0. The van der Waals surface area contributed by atoms with E-state index < -0.39 is 29.1 Å². The quantitative estimate of drug-likeness (QED) is 0.589. The van der Waals surface area contributed by atoms with E-state index in [1.54, 1.807) is 0 Å². The van der Waals surface area contributed by atoms with Crippen LogP contribution < -0.4 is 0 Å². The first-order chi connectivity index (χ1) is 9.20. The average Bonchev–Trinajstić information content (AvgIpc) is 2.73. The smallest absolute Gasteiger partial charge is 0.336 e. The topological polar surface area (TPSA) is 33.2 Å². The van der Waals surface area contributed by atoms with Crippen molar-refractivity contribution in [2.24, 2.45) is 0 Å². The zero-order chi connectivity index (χ0) is 15.1. The Morgan fingerprint density at radius 2 is 2.15 bits per heavy atom. The summed E-state index contributed by atoms with van der Waals surface area (Å²) in [6, 6.07) is 0.766. The van der Waals surface area contributed by atoms with Crippen molar-refractivity contribution in [1.29, 1.82) is 0 Å². The summed E-state index contributed by atoms with van der Waals surface area (Å²) < 4.78 is 50.8. The first kappa shape index (κ1) is 15.0. The van der Waals surface area contributed by atoms with Gasteiger partial charge in [0.25, 0.3) is 5.91 Å². The van der Waals surface area contributed by atoms with Crippen LogP contribution in [0, 0.1) is 6.92 Å². The predicted octanol–water partition coefficient (Wildman–Crippen LogP) is 3.25. The van der Waals surface area contributed by atoms with Crippen LogP contribution in [0.2, 0.25) is 5.15 Å². The molecule has 0 aromatic carbocycles. The van der Waals surface area contributed by atoms with Crippen molar-refractivity contribution in [3.63, 3.8) is 0 Å². The molecule has 1 atom stereocenters. The predicted molar refractivity (Wildman–Crippen MR) is 64.4 cm³/mol. The second kappa shape index (κ2) is 5.20. The number of halogens is 5. The summed E-state index contributed by atoms with van der Waals surface area (Å²) in [5.41, 5.74) is -1.18. The molecule has 110 valence electrons. The number of aryl methyl sites for hydroxylation is 1. The number of alkyl halides is 4. The fourth-order valence-corrected chi connectivity index (χ4v) is 2.42. The lowest BCUT2D eigenvalue weighted by molar-refractivity contribution is -0.141. The molecule has 2 heterocycles. The Morgan fingerprint density at radius 3 is 2.60 bits per heavy atom. The van der Waals surface area contributed by atoms with Crippen LogP contribution in [0.15, 0.2) is 6.07 Å². The third-order valence-electron chi connectivity index (χ3n) is 3.09. The molecule has 0 bridgehead atoms. The minimum atomic E-state index is -4.63. The molecular formula is C12H11ClF4N2O. The molecule has 0 N–H and O–H groups in total. The normalized spacial score (nSPS) is 19.5. The molecule has 0 spiro atoms. The van der Waals surface area contributed by atoms with Crippen molar-refractivity contribution in [3.05, 3.63) is 28.0 Å². The monoisotopic (exact) mass is 310 g/mol. The summed E-state index contributed by atoms with van der Waals surface area (Å²) in [5, 5.41) is -0.510. The molecule has 1 aromatic heterocycles. The van der Waals surface area contributed by atoms with Crippen molar-refractivity contribution < 1.29 is 22.4 Å². The van der Waals surface area contributed by atoms with Gasteiger partial charge in [0.05, 0.1) is 12.1 Å². The number of amides is 1. The van der Waals surface area contributed by atoms with Gasteiger partial charge in [-0.2, -0.15) is 13.2 Å². The van der Waals surface area contributed by atoms with E-state index in [1.807, 2.05) is 0 Å². The third-order valence-corrected chi connectivity index (χ3v) is 3.37. The van der Waals surface area contributed by atoms with Crippen LogP contribution in [0.4, 0.5) is 17.6 Å². The van der Waals surface area contributed by atoms with Crippen LogP contribution in [0.3, 0.4) is 0 Å². The van der Waals surface area contributed by atoms with Gasteiger partial charge in [-0.15, -0.1) is 0 Å². The van der Waals surface area contributed by atoms with Gasteiger partial charge in [0.2, 0.25) is 0 Å². The Balaban J connectivity index is 2.36. The molecule has 1 aliphatic rings. The number of carbonyl (C=O) groups is 1. The van der Waals surface area contributed by atoms with Gasteiger partial charge in [-0.1, -0.05) is 11.6 Å². The molecule has 20 heavy (non-hydrogen) atoms. The van der Waals surface area contributed by atoms with Crippen molar-refractivity contribution in [2.75, 3.05) is 13.1 Å². The first-order valence-corrected chi connectivity index (χ1v) is 6.25. The van der Waals surface area contributed by atoms with E-state index in [-0.39, 0.29) is 30.6 Å². The zero-order valence-corrected chi connectivity index (χ0v) is 11.2. The minimum absolute atomic E-state index is 0.0737. The van der Waals surface area contributed by atoms with Crippen molar-refractivity contribution in [1.82, 2.24) is 9.88 Å². The molecule has 2 rings (SSSR count). The summed E-state index contributed by atoms with van der Waals surface area (Å²) in [6.45, 7) is 1.49. The van der Waals surface area contributed by atoms with Gasteiger partial charge in [0.1, 0.15) is 17.0 Å². The van der Waals surface area contributed by atoms with Gasteiger partial charge in [0.15, 0.2) is 0 Å². The van der Waals surface area contributed by atoms with Gasteiger partial charge in [-0.3, -0.25) is 4.79 Å². The standard InChI is InChI=1S/C12H11ClF4N2O/c1-6-4-8(12(15,16)17)18-10(13)9(6)11(20)19-3-2-7(14)5-19/h4,7H,2-3,5H2,1H3. The van der Waals surface area contributed by atoms with Crippen molar-refractivity contribution in [2.45, 2.75) is 25.7 Å². The molecule has 0 radical (unpaired) electrons. The second-order valence-electron chi connectivity index (χ2n) is 4.63. The lowest BCUT2D eigenvalue weighted by atomic mass is 10.1. The van der Waals surface area contributed by atoms with Crippen LogP contribution in [0.1, 0.15) is 28.0 Å². The number of hydrogen-bond acceptors (Lipinski definition) is 2. The van der Waals surface area contributed by atoms with Crippen molar-refractivity contribution in [3.8, 4) is 0 Å². The minimum Gasteiger partial charge on any atom is -0.336 e. The number of nitrogens with zero attached hydrogens (tertiary/aromatic N) is 2. The Labute approximate surface area is 117 Å². The SMILES string of the molecule is Cc1cc(C(F)(F)F)nc(Cl)c1C(=O)N1CCC(F)C1. The maximum Gasteiger partial charge on any atom is 0.433 e. The van der Waals surface area contributed by atoms with E-state index in [9.17, 15) is 22.4 Å². The van der Waals surface area contributed by atoms with Gasteiger partial charge in [-0.05, 0) is 25.0 Å². The van der Waals surface area contributed by atoms with Gasteiger partial charge < -0.3 is 4.90 Å². The Bertz CT molecular complexity index is 524. The van der Waals surface area contributed by atoms with Crippen LogP contribution in [-0.2, 0) is 6.18 Å². The fourth-order valence-electron chi connectivity index (χ4n) is 2.10. The summed E-state index contributed by atoms with van der Waals surface area (Å²) >= 11 is 5.70. The highest BCUT2D eigenvalue weighted by Gasteiger charge is 2.35. The highest BCUT2D eigenvalue weighted by molar-refractivity contribution is 6.32. The molecule has 3 nitrogen and oxygen atoms in total. The Kier molecular flexibility index (Phi) is 3.90. The Morgan fingerprint density at radius 1 is 1.50 bits per heavy atom. The van der Waals surface area contributed by atoms with E-state index in [1.165, 1.54) is 11.8 Å². The third kappa shape index (κ3) is 2.87. The number of pyridine rings is 1. The lowest BCUT2D eigenvalue weighted by Gasteiger charge is -2.18. The summed E-state index contributed by atoms with van der Waals surface area (Å²) in [7, 11) is 0. The van der Waals surface area contributed by atoms with Crippen LogP contribution in [-0.4, -0.2) is 35.1 Å². The number of rotatable bonds is 1. The highest BCUT2D eigenvalue weighted by Crippen LogP contribution is 2.32. The largest absolute Gasteiger partial charge is 0.433 e. The maximum atomic E-state index is 13.1. The number of carbonyl (C=O) groups excluding carboxylic acids is 1. The number of aromatic nitrogens is 1. The van der Waals surface area contributed by atoms with Crippen LogP contribution >= 0.6 is 11.6 Å². The number of likely N-dealkylation sites (tertiary alicyclic amines) is 1. The highest BCUT2D eigenvalue weighted by atomic mass is 35.5.